The lowest BCUT2D eigenvalue weighted by Gasteiger charge is -2.36. The van der Waals surface area contributed by atoms with Gasteiger partial charge < -0.3 is 24.8 Å². The summed E-state index contributed by atoms with van der Waals surface area (Å²) in [5.41, 5.74) is 0.982. The van der Waals surface area contributed by atoms with Crippen LogP contribution in [0, 0.1) is 11.7 Å². The molecule has 0 aromatic heterocycles. The van der Waals surface area contributed by atoms with Crippen molar-refractivity contribution in [1.29, 1.82) is 0 Å². The molecule has 0 unspecified atom stereocenters. The molecule has 2 aliphatic heterocycles. The summed E-state index contributed by atoms with van der Waals surface area (Å²) in [5, 5.41) is 3.28. The summed E-state index contributed by atoms with van der Waals surface area (Å²) in [7, 11) is 1.73. The molecule has 0 atom stereocenters. The van der Waals surface area contributed by atoms with E-state index in [1.54, 1.807) is 19.2 Å². The molecule has 2 fully saturated rings. The first-order chi connectivity index (χ1) is 15.5. The fraction of sp³-hybridized carbons (Fsp3) is 0.609. The summed E-state index contributed by atoms with van der Waals surface area (Å²) >= 11 is 0. The summed E-state index contributed by atoms with van der Waals surface area (Å²) in [5.74, 6) is 0.488. The minimum atomic E-state index is -0.242. The molecule has 1 aromatic rings. The maximum Gasteiger partial charge on any atom is 0.309 e. The van der Waals surface area contributed by atoms with Gasteiger partial charge in [-0.25, -0.2) is 4.39 Å². The van der Waals surface area contributed by atoms with Crippen LogP contribution in [0.2, 0.25) is 0 Å². The maximum absolute atomic E-state index is 13.1. The first-order valence-corrected chi connectivity index (χ1v) is 11.4. The van der Waals surface area contributed by atoms with Crippen LogP contribution in [0.3, 0.4) is 0 Å². The molecule has 2 aliphatic rings. The third kappa shape index (κ3) is 7.72. The second kappa shape index (κ2) is 13.6. The fourth-order valence-electron chi connectivity index (χ4n) is 4.22. The number of hydrogen-bond donors (Lipinski definition) is 1. The van der Waals surface area contributed by atoms with Crippen LogP contribution in [-0.4, -0.2) is 87.1 Å². The second-order valence-electron chi connectivity index (χ2n) is 8.08. The minimum absolute atomic E-state index is 0. The Labute approximate surface area is 212 Å². The Kier molecular flexibility index (Phi) is 11.2. The van der Waals surface area contributed by atoms with Crippen molar-refractivity contribution in [2.45, 2.75) is 26.2 Å². The SMILES string of the molecule is CCOC(=O)C1CCN(C(=NC)NCCC(=O)N2CCN(c3ccc(F)cc3)CC2)CC1.I. The lowest BCUT2D eigenvalue weighted by molar-refractivity contribution is -0.149. The van der Waals surface area contributed by atoms with Gasteiger partial charge in [0.1, 0.15) is 5.82 Å². The van der Waals surface area contributed by atoms with E-state index in [2.05, 4.69) is 20.1 Å². The van der Waals surface area contributed by atoms with Crippen LogP contribution in [0.4, 0.5) is 10.1 Å². The highest BCUT2D eigenvalue weighted by Gasteiger charge is 2.27. The number of anilines is 1. The third-order valence-electron chi connectivity index (χ3n) is 6.07. The van der Waals surface area contributed by atoms with Gasteiger partial charge in [0.15, 0.2) is 5.96 Å². The lowest BCUT2D eigenvalue weighted by Crippen LogP contribution is -2.50. The molecule has 0 bridgehead atoms. The van der Waals surface area contributed by atoms with Crippen LogP contribution in [-0.2, 0) is 14.3 Å². The molecular formula is C23H35FIN5O3. The van der Waals surface area contributed by atoms with Gasteiger partial charge in [0.05, 0.1) is 12.5 Å². The topological polar surface area (TPSA) is 77.5 Å². The Balaban J connectivity index is 0.00000385. The standard InChI is InChI=1S/C23H34FN5O3.HI/c1-3-32-22(31)18-9-12-29(13-10-18)23(25-2)26-11-8-21(30)28-16-14-27(15-17-28)20-6-4-19(24)5-7-20;/h4-7,18H,3,8-17H2,1-2H3,(H,25,26);1H. The molecular weight excluding hydrogens is 540 g/mol. The number of carbonyl (C=O) groups excluding carboxylic acids is 2. The molecule has 0 aliphatic carbocycles. The molecule has 0 spiro atoms. The van der Waals surface area contributed by atoms with Gasteiger partial charge in [-0.1, -0.05) is 0 Å². The summed E-state index contributed by atoms with van der Waals surface area (Å²) < 4.78 is 18.2. The smallest absolute Gasteiger partial charge is 0.309 e. The van der Waals surface area contributed by atoms with Crippen molar-refractivity contribution in [1.82, 2.24) is 15.1 Å². The molecule has 1 amide bonds. The number of benzene rings is 1. The first-order valence-electron chi connectivity index (χ1n) is 11.4. The number of rotatable bonds is 6. The highest BCUT2D eigenvalue weighted by atomic mass is 127. The lowest BCUT2D eigenvalue weighted by atomic mass is 9.97. The number of piperidine rings is 1. The van der Waals surface area contributed by atoms with E-state index in [1.165, 1.54) is 12.1 Å². The van der Waals surface area contributed by atoms with Crippen molar-refractivity contribution in [2.75, 3.05) is 64.4 Å². The Hall–Kier alpha value is -2.11. The molecule has 1 N–H and O–H groups in total. The van der Waals surface area contributed by atoms with E-state index in [-0.39, 0.29) is 47.6 Å². The number of carbonyl (C=O) groups is 2. The van der Waals surface area contributed by atoms with Gasteiger partial charge in [0, 0.05) is 65.0 Å². The van der Waals surface area contributed by atoms with Crippen LogP contribution in [0.5, 0.6) is 0 Å². The Bertz CT molecular complexity index is 792. The predicted octanol–water partition coefficient (Wildman–Crippen LogP) is 2.33. The highest BCUT2D eigenvalue weighted by Crippen LogP contribution is 2.19. The summed E-state index contributed by atoms with van der Waals surface area (Å²) in [6, 6.07) is 6.48. The minimum Gasteiger partial charge on any atom is -0.466 e. The first kappa shape index (κ1) is 27.1. The highest BCUT2D eigenvalue weighted by molar-refractivity contribution is 14.0. The molecule has 1 aromatic carbocycles. The van der Waals surface area contributed by atoms with E-state index >= 15 is 0 Å². The monoisotopic (exact) mass is 575 g/mol. The van der Waals surface area contributed by atoms with Crippen LogP contribution in [0.25, 0.3) is 0 Å². The number of nitrogens with zero attached hydrogens (tertiary/aromatic N) is 4. The van der Waals surface area contributed by atoms with Crippen LogP contribution in [0.1, 0.15) is 26.2 Å². The molecule has 2 saturated heterocycles. The Morgan fingerprint density at radius 1 is 1.06 bits per heavy atom. The predicted molar refractivity (Wildman–Crippen MR) is 138 cm³/mol. The van der Waals surface area contributed by atoms with Gasteiger partial charge in [0.2, 0.25) is 5.91 Å². The van der Waals surface area contributed by atoms with E-state index in [9.17, 15) is 14.0 Å². The van der Waals surface area contributed by atoms with Gasteiger partial charge in [0.25, 0.3) is 0 Å². The number of ether oxygens (including phenoxy) is 1. The van der Waals surface area contributed by atoms with Crippen molar-refractivity contribution in [3.63, 3.8) is 0 Å². The van der Waals surface area contributed by atoms with E-state index < -0.39 is 0 Å². The Morgan fingerprint density at radius 2 is 1.70 bits per heavy atom. The van der Waals surface area contributed by atoms with Crippen molar-refractivity contribution < 1.29 is 18.7 Å². The molecule has 3 rings (SSSR count). The van der Waals surface area contributed by atoms with Crippen LogP contribution in [0.15, 0.2) is 29.3 Å². The number of esters is 1. The number of piperazine rings is 1. The number of halogens is 2. The van der Waals surface area contributed by atoms with Crippen molar-refractivity contribution in [3.05, 3.63) is 30.1 Å². The number of amides is 1. The van der Waals surface area contributed by atoms with Crippen molar-refractivity contribution in [2.24, 2.45) is 10.9 Å². The number of aliphatic imine (C=N–C) groups is 1. The molecule has 184 valence electrons. The van der Waals surface area contributed by atoms with Gasteiger partial charge >= 0.3 is 5.97 Å². The maximum atomic E-state index is 13.1. The number of likely N-dealkylation sites (tertiary alicyclic amines) is 1. The van der Waals surface area contributed by atoms with Gasteiger partial charge in [-0.3, -0.25) is 14.6 Å². The van der Waals surface area contributed by atoms with Gasteiger partial charge in [-0.15, -0.1) is 24.0 Å². The molecule has 10 heteroatoms. The largest absolute Gasteiger partial charge is 0.466 e. The summed E-state index contributed by atoms with van der Waals surface area (Å²) in [6.45, 7) is 7.03. The second-order valence-corrected chi connectivity index (χ2v) is 8.08. The molecule has 2 heterocycles. The zero-order chi connectivity index (χ0) is 22.9. The van der Waals surface area contributed by atoms with Gasteiger partial charge in [-0.05, 0) is 44.0 Å². The normalized spacial score (nSPS) is 17.4. The average Bonchev–Trinajstić information content (AvgIpc) is 2.82. The molecule has 33 heavy (non-hydrogen) atoms. The van der Waals surface area contributed by atoms with Crippen molar-refractivity contribution >= 4 is 47.5 Å². The van der Waals surface area contributed by atoms with E-state index in [1.807, 2.05) is 11.8 Å². The third-order valence-corrected chi connectivity index (χ3v) is 6.07. The average molecular weight is 575 g/mol. The zero-order valence-electron chi connectivity index (χ0n) is 19.5. The zero-order valence-corrected chi connectivity index (χ0v) is 21.8. The number of guanidine groups is 1. The molecule has 0 radical (unpaired) electrons. The van der Waals surface area contributed by atoms with E-state index in [0.29, 0.717) is 32.7 Å². The summed E-state index contributed by atoms with van der Waals surface area (Å²) in [6.07, 6.45) is 1.89. The quantitative estimate of drug-likeness (QED) is 0.243. The van der Waals surface area contributed by atoms with E-state index in [4.69, 9.17) is 4.74 Å². The van der Waals surface area contributed by atoms with Crippen molar-refractivity contribution in [3.8, 4) is 0 Å². The number of nitrogens with one attached hydrogen (secondary N) is 1. The van der Waals surface area contributed by atoms with Crippen LogP contribution < -0.4 is 10.2 Å². The molecule has 8 nitrogen and oxygen atoms in total. The molecule has 0 saturated carbocycles. The van der Waals surface area contributed by atoms with E-state index in [0.717, 1.165) is 50.7 Å². The fourth-order valence-corrected chi connectivity index (χ4v) is 4.22. The number of hydrogen-bond acceptors (Lipinski definition) is 5. The summed E-state index contributed by atoms with van der Waals surface area (Å²) in [4.78, 5) is 35.0. The van der Waals surface area contributed by atoms with Gasteiger partial charge in [-0.2, -0.15) is 0 Å². The Morgan fingerprint density at radius 3 is 2.27 bits per heavy atom. The van der Waals surface area contributed by atoms with Crippen LogP contribution >= 0.6 is 24.0 Å².